The number of rotatable bonds is 4. The number of hydrogen-bond donors (Lipinski definition) is 0. The molecule has 0 spiro atoms. The molecule has 0 amide bonds. The maximum Gasteiger partial charge on any atom is 0.0539 e. The first-order chi connectivity index (χ1) is 9.76. The van der Waals surface area contributed by atoms with Gasteiger partial charge in [-0.05, 0) is 24.0 Å². The topological polar surface area (TPSA) is 34.0 Å². The minimum atomic E-state index is 0.464. The lowest BCUT2D eigenvalue weighted by atomic mass is 10.0. The monoisotopic (exact) mass is 268 g/mol. The number of hydrogen-bond acceptors (Lipinski definition) is 3. The summed E-state index contributed by atoms with van der Waals surface area (Å²) in [6, 6.07) is 4.66. The lowest BCUT2D eigenvalue weighted by Crippen LogP contribution is -2.23. The van der Waals surface area contributed by atoms with E-state index < -0.39 is 0 Å². The summed E-state index contributed by atoms with van der Waals surface area (Å²) < 4.78 is 1.76. The fourth-order valence-corrected chi connectivity index (χ4v) is 3.02. The van der Waals surface area contributed by atoms with Gasteiger partial charge in [0.1, 0.15) is 0 Å². The van der Waals surface area contributed by atoms with Gasteiger partial charge in [0.15, 0.2) is 0 Å². The Morgan fingerprint density at radius 1 is 1.45 bits per heavy atom. The second kappa shape index (κ2) is 5.59. The Labute approximate surface area is 119 Å². The van der Waals surface area contributed by atoms with Crippen molar-refractivity contribution in [3.63, 3.8) is 0 Å². The SMILES string of the molecule is C=Cn1cc(CN2C[C@@H](C)C[C@H]2c2cccnc2)cn1. The van der Waals surface area contributed by atoms with Gasteiger partial charge in [-0.3, -0.25) is 9.88 Å². The molecule has 3 heterocycles. The highest BCUT2D eigenvalue weighted by Crippen LogP contribution is 2.35. The van der Waals surface area contributed by atoms with Crippen LogP contribution in [0.1, 0.15) is 30.5 Å². The average molecular weight is 268 g/mol. The Morgan fingerprint density at radius 3 is 3.05 bits per heavy atom. The van der Waals surface area contributed by atoms with E-state index in [1.54, 1.807) is 10.9 Å². The number of aromatic nitrogens is 3. The molecule has 1 aliphatic rings. The van der Waals surface area contributed by atoms with E-state index in [-0.39, 0.29) is 0 Å². The van der Waals surface area contributed by atoms with Crippen LogP contribution in [0.5, 0.6) is 0 Å². The van der Waals surface area contributed by atoms with Crippen molar-refractivity contribution in [1.29, 1.82) is 0 Å². The van der Waals surface area contributed by atoms with Gasteiger partial charge >= 0.3 is 0 Å². The van der Waals surface area contributed by atoms with Crippen LogP contribution >= 0.6 is 0 Å². The zero-order valence-electron chi connectivity index (χ0n) is 11.8. The van der Waals surface area contributed by atoms with Crippen LogP contribution in [0.3, 0.4) is 0 Å². The van der Waals surface area contributed by atoms with Crippen molar-refractivity contribution < 1.29 is 0 Å². The molecule has 2 aromatic heterocycles. The first-order valence-corrected chi connectivity index (χ1v) is 7.06. The third-order valence-electron chi connectivity index (χ3n) is 3.91. The van der Waals surface area contributed by atoms with E-state index in [9.17, 15) is 0 Å². The van der Waals surface area contributed by atoms with Gasteiger partial charge in [0.05, 0.1) is 6.20 Å². The third-order valence-corrected chi connectivity index (χ3v) is 3.91. The van der Waals surface area contributed by atoms with Crippen LogP contribution in [-0.2, 0) is 6.54 Å². The van der Waals surface area contributed by atoms with Crippen molar-refractivity contribution >= 4 is 6.20 Å². The van der Waals surface area contributed by atoms with E-state index in [2.05, 4.69) is 34.6 Å². The molecule has 1 aliphatic heterocycles. The van der Waals surface area contributed by atoms with Crippen LogP contribution in [0.15, 0.2) is 43.5 Å². The standard InChI is InChI=1S/C16H20N4/c1-3-20-12-14(8-18-20)11-19-10-13(2)7-16(19)15-5-4-6-17-9-15/h3-6,8-9,12-13,16H,1,7,10-11H2,2H3/t13-,16-/m0/s1. The molecule has 104 valence electrons. The van der Waals surface area contributed by atoms with Gasteiger partial charge in [0, 0.05) is 49.5 Å². The van der Waals surface area contributed by atoms with Gasteiger partial charge in [-0.1, -0.05) is 19.6 Å². The molecular weight excluding hydrogens is 248 g/mol. The molecule has 0 aromatic carbocycles. The fourth-order valence-electron chi connectivity index (χ4n) is 3.02. The van der Waals surface area contributed by atoms with Crippen LogP contribution < -0.4 is 0 Å². The van der Waals surface area contributed by atoms with Crippen molar-refractivity contribution in [1.82, 2.24) is 19.7 Å². The molecular formula is C16H20N4. The second-order valence-corrected chi connectivity index (χ2v) is 5.58. The van der Waals surface area contributed by atoms with E-state index in [1.807, 2.05) is 30.9 Å². The average Bonchev–Trinajstić information content (AvgIpc) is 3.07. The predicted molar refractivity (Wildman–Crippen MR) is 79.8 cm³/mol. The predicted octanol–water partition coefficient (Wildman–Crippen LogP) is 2.96. The second-order valence-electron chi connectivity index (χ2n) is 5.58. The summed E-state index contributed by atoms with van der Waals surface area (Å²) in [6.45, 7) is 8.10. The molecule has 20 heavy (non-hydrogen) atoms. The van der Waals surface area contributed by atoms with Crippen molar-refractivity contribution in [2.75, 3.05) is 6.54 Å². The molecule has 0 N–H and O–H groups in total. The highest BCUT2D eigenvalue weighted by Gasteiger charge is 2.30. The Kier molecular flexibility index (Phi) is 3.65. The molecule has 3 rings (SSSR count). The normalized spacial score (nSPS) is 23.1. The maximum absolute atomic E-state index is 4.26. The maximum atomic E-state index is 4.26. The Hall–Kier alpha value is -1.94. The van der Waals surface area contributed by atoms with Crippen molar-refractivity contribution in [3.8, 4) is 0 Å². The summed E-state index contributed by atoms with van der Waals surface area (Å²) in [5.74, 6) is 0.717. The molecule has 0 radical (unpaired) electrons. The number of likely N-dealkylation sites (tertiary alicyclic amines) is 1. The Balaban J connectivity index is 1.78. The number of pyridine rings is 1. The van der Waals surface area contributed by atoms with Gasteiger partial charge in [-0.25, -0.2) is 4.68 Å². The quantitative estimate of drug-likeness (QED) is 0.855. The summed E-state index contributed by atoms with van der Waals surface area (Å²) in [5, 5.41) is 4.25. The van der Waals surface area contributed by atoms with E-state index >= 15 is 0 Å². The van der Waals surface area contributed by atoms with Crippen LogP contribution in [-0.4, -0.2) is 26.2 Å². The minimum Gasteiger partial charge on any atom is -0.292 e. The van der Waals surface area contributed by atoms with E-state index in [4.69, 9.17) is 0 Å². The zero-order chi connectivity index (χ0) is 13.9. The molecule has 1 fully saturated rings. The summed E-state index contributed by atoms with van der Waals surface area (Å²) >= 11 is 0. The molecule has 0 saturated carbocycles. The molecule has 0 aliphatic carbocycles. The van der Waals surface area contributed by atoms with Crippen LogP contribution in [0.2, 0.25) is 0 Å². The van der Waals surface area contributed by atoms with Crippen LogP contribution in [0.4, 0.5) is 0 Å². The lowest BCUT2D eigenvalue weighted by Gasteiger charge is -2.23. The molecule has 4 nitrogen and oxygen atoms in total. The van der Waals surface area contributed by atoms with Gasteiger partial charge in [-0.2, -0.15) is 5.10 Å². The number of nitrogens with zero attached hydrogens (tertiary/aromatic N) is 4. The fraction of sp³-hybridized carbons (Fsp3) is 0.375. The lowest BCUT2D eigenvalue weighted by molar-refractivity contribution is 0.245. The van der Waals surface area contributed by atoms with Crippen LogP contribution in [0.25, 0.3) is 6.20 Å². The first kappa shape index (κ1) is 13.1. The summed E-state index contributed by atoms with van der Waals surface area (Å²) in [4.78, 5) is 6.78. The van der Waals surface area contributed by atoms with Gasteiger partial charge in [0.2, 0.25) is 0 Å². The molecule has 2 atom stereocenters. The largest absolute Gasteiger partial charge is 0.292 e. The first-order valence-electron chi connectivity index (χ1n) is 7.06. The van der Waals surface area contributed by atoms with Crippen molar-refractivity contribution in [2.24, 2.45) is 5.92 Å². The molecule has 0 bridgehead atoms. The Morgan fingerprint density at radius 2 is 2.35 bits per heavy atom. The summed E-state index contributed by atoms with van der Waals surface area (Å²) in [7, 11) is 0. The Bertz CT molecular complexity index is 575. The third kappa shape index (κ3) is 2.65. The van der Waals surface area contributed by atoms with E-state index in [0.29, 0.717) is 6.04 Å². The molecule has 2 aromatic rings. The van der Waals surface area contributed by atoms with Gasteiger partial charge < -0.3 is 0 Å². The molecule has 0 unspecified atom stereocenters. The van der Waals surface area contributed by atoms with Gasteiger partial charge in [-0.15, -0.1) is 0 Å². The highest BCUT2D eigenvalue weighted by molar-refractivity contribution is 5.20. The zero-order valence-corrected chi connectivity index (χ0v) is 11.8. The molecule has 4 heteroatoms. The minimum absolute atomic E-state index is 0.464. The molecule has 1 saturated heterocycles. The van der Waals surface area contributed by atoms with E-state index in [1.165, 1.54) is 17.5 Å². The van der Waals surface area contributed by atoms with Gasteiger partial charge in [0.25, 0.3) is 0 Å². The van der Waals surface area contributed by atoms with Crippen molar-refractivity contribution in [2.45, 2.75) is 25.9 Å². The summed E-state index contributed by atoms with van der Waals surface area (Å²) in [6.07, 6.45) is 10.7. The highest BCUT2D eigenvalue weighted by atomic mass is 15.3. The smallest absolute Gasteiger partial charge is 0.0539 e. The summed E-state index contributed by atoms with van der Waals surface area (Å²) in [5.41, 5.74) is 2.54. The van der Waals surface area contributed by atoms with E-state index in [0.717, 1.165) is 19.0 Å². The van der Waals surface area contributed by atoms with Crippen molar-refractivity contribution in [3.05, 3.63) is 54.6 Å². The van der Waals surface area contributed by atoms with Crippen LogP contribution in [0, 0.1) is 5.92 Å².